The van der Waals surface area contributed by atoms with E-state index in [-0.39, 0.29) is 16.2 Å². The van der Waals surface area contributed by atoms with E-state index in [1.807, 2.05) is 6.08 Å². The van der Waals surface area contributed by atoms with E-state index in [0.29, 0.717) is 6.61 Å². The van der Waals surface area contributed by atoms with E-state index >= 15 is 0 Å². The highest BCUT2D eigenvalue weighted by molar-refractivity contribution is 9.12. The van der Waals surface area contributed by atoms with Crippen LogP contribution in [0.3, 0.4) is 0 Å². The van der Waals surface area contributed by atoms with Gasteiger partial charge in [0, 0.05) is 21.1 Å². The average Bonchev–Trinajstić information content (AvgIpc) is 2.71. The molecule has 0 aromatic carbocycles. The lowest BCUT2D eigenvalue weighted by molar-refractivity contribution is -0.136. The Hall–Kier alpha value is 0.170. The van der Waals surface area contributed by atoms with Crippen LogP contribution in [0.15, 0.2) is 11.6 Å². The molecule has 0 saturated heterocycles. The van der Waals surface area contributed by atoms with Crippen molar-refractivity contribution in [2.45, 2.75) is 37.4 Å². The zero-order valence-corrected chi connectivity index (χ0v) is 12.9. The number of alkyl halides is 2. The number of carbonyl (C=O) groups excluding carboxylic acids is 1. The Morgan fingerprint density at radius 3 is 2.62 bits per heavy atom. The van der Waals surface area contributed by atoms with Gasteiger partial charge < -0.3 is 4.74 Å². The van der Waals surface area contributed by atoms with E-state index in [1.165, 1.54) is 0 Å². The highest BCUT2D eigenvalue weighted by Crippen LogP contribution is 2.41. The summed E-state index contributed by atoms with van der Waals surface area (Å²) in [4.78, 5) is 11.6. The van der Waals surface area contributed by atoms with Crippen molar-refractivity contribution in [3.05, 3.63) is 11.6 Å². The topological polar surface area (TPSA) is 26.3 Å². The van der Waals surface area contributed by atoms with Crippen molar-refractivity contribution in [2.24, 2.45) is 5.92 Å². The molecule has 2 atom stereocenters. The molecule has 0 aromatic rings. The highest BCUT2D eigenvalue weighted by Gasteiger charge is 2.39. The fourth-order valence-electron chi connectivity index (χ4n) is 2.07. The first-order chi connectivity index (χ1) is 7.59. The highest BCUT2D eigenvalue weighted by atomic mass is 79.9. The second-order valence-corrected chi connectivity index (χ2v) is 6.26. The minimum absolute atomic E-state index is 0.0434. The summed E-state index contributed by atoms with van der Waals surface area (Å²) in [5.74, 6) is 0.0912. The van der Waals surface area contributed by atoms with Crippen LogP contribution in [0.5, 0.6) is 0 Å². The fourth-order valence-corrected chi connectivity index (χ4v) is 3.34. The number of cyclic esters (lactones) is 1. The Kier molecular flexibility index (Phi) is 5.51. The second kappa shape index (κ2) is 6.20. The number of ether oxygens (including phenoxy) is 1. The van der Waals surface area contributed by atoms with Crippen LogP contribution >= 0.6 is 31.9 Å². The van der Waals surface area contributed by atoms with Crippen LogP contribution < -0.4 is 0 Å². The molecule has 0 radical (unpaired) electrons. The van der Waals surface area contributed by atoms with Gasteiger partial charge in [-0.25, -0.2) is 4.79 Å². The van der Waals surface area contributed by atoms with Crippen LogP contribution in [-0.4, -0.2) is 22.2 Å². The zero-order chi connectivity index (χ0) is 12.2. The summed E-state index contributed by atoms with van der Waals surface area (Å²) in [7, 11) is 0. The molecular weight excluding hydrogens is 336 g/mol. The molecule has 2 unspecified atom stereocenters. The average molecular weight is 354 g/mol. The van der Waals surface area contributed by atoms with Crippen molar-refractivity contribution in [2.75, 3.05) is 11.9 Å². The van der Waals surface area contributed by atoms with Crippen molar-refractivity contribution in [1.29, 1.82) is 0 Å². The number of hydrogen-bond donors (Lipinski definition) is 0. The normalized spacial score (nSPS) is 21.2. The van der Waals surface area contributed by atoms with Gasteiger partial charge in [-0.2, -0.15) is 0 Å². The first-order valence-corrected chi connectivity index (χ1v) is 7.62. The molecule has 1 aliphatic heterocycles. The maximum atomic E-state index is 11.6. The molecule has 0 aromatic heterocycles. The quantitative estimate of drug-likeness (QED) is 0.536. The minimum atomic E-state index is -0.142. The molecule has 0 bridgehead atoms. The fraction of sp³-hybridized carbons (Fsp3) is 0.750. The Morgan fingerprint density at radius 1 is 1.56 bits per heavy atom. The van der Waals surface area contributed by atoms with E-state index in [9.17, 15) is 4.79 Å². The molecule has 16 heavy (non-hydrogen) atoms. The van der Waals surface area contributed by atoms with Crippen LogP contribution in [0, 0.1) is 5.92 Å². The molecule has 0 saturated carbocycles. The first kappa shape index (κ1) is 14.2. The Labute approximate surface area is 114 Å². The van der Waals surface area contributed by atoms with Crippen LogP contribution in [0.2, 0.25) is 0 Å². The lowest BCUT2D eigenvalue weighted by atomic mass is 9.82. The molecule has 92 valence electrons. The van der Waals surface area contributed by atoms with Gasteiger partial charge in [-0.1, -0.05) is 52.1 Å². The van der Waals surface area contributed by atoms with Gasteiger partial charge in [0.2, 0.25) is 0 Å². The lowest BCUT2D eigenvalue weighted by Gasteiger charge is -2.33. The number of carbonyl (C=O) groups is 1. The summed E-state index contributed by atoms with van der Waals surface area (Å²) < 4.78 is 4.97. The van der Waals surface area contributed by atoms with E-state index in [1.54, 1.807) is 0 Å². The Balaban J connectivity index is 2.93. The summed E-state index contributed by atoms with van der Waals surface area (Å²) in [6, 6.07) is 0. The maximum Gasteiger partial charge on any atom is 0.334 e. The second-order valence-electron chi connectivity index (χ2n) is 4.12. The molecule has 0 amide bonds. The third-order valence-corrected chi connectivity index (χ3v) is 6.29. The molecule has 2 nitrogen and oxygen atoms in total. The summed E-state index contributed by atoms with van der Waals surface area (Å²) >= 11 is 7.34. The van der Waals surface area contributed by atoms with Crippen molar-refractivity contribution in [3.63, 3.8) is 0 Å². The molecule has 0 N–H and O–H groups in total. The Morgan fingerprint density at radius 2 is 2.25 bits per heavy atom. The van der Waals surface area contributed by atoms with Gasteiger partial charge in [0.05, 0.1) is 0 Å². The van der Waals surface area contributed by atoms with Gasteiger partial charge in [0.15, 0.2) is 0 Å². The van der Waals surface area contributed by atoms with E-state index in [0.717, 1.165) is 30.2 Å². The van der Waals surface area contributed by atoms with Crippen molar-refractivity contribution < 1.29 is 9.53 Å². The molecule has 1 rings (SSSR count). The van der Waals surface area contributed by atoms with Crippen molar-refractivity contribution in [1.82, 2.24) is 0 Å². The minimum Gasteiger partial charge on any atom is -0.458 e. The SMILES string of the molecule is CCCC(C1=CCOC1=O)C(Br)(CC)CBr. The van der Waals surface area contributed by atoms with E-state index < -0.39 is 0 Å². The van der Waals surface area contributed by atoms with Crippen LogP contribution in [0.4, 0.5) is 0 Å². The molecule has 1 heterocycles. The van der Waals surface area contributed by atoms with Gasteiger partial charge >= 0.3 is 5.97 Å². The third-order valence-electron chi connectivity index (χ3n) is 3.14. The predicted octanol–water partition coefficient (Wildman–Crippen LogP) is 3.82. The van der Waals surface area contributed by atoms with Crippen LogP contribution in [0.25, 0.3) is 0 Å². The van der Waals surface area contributed by atoms with Crippen LogP contribution in [-0.2, 0) is 9.53 Å². The maximum absolute atomic E-state index is 11.6. The van der Waals surface area contributed by atoms with Crippen molar-refractivity contribution >= 4 is 37.8 Å². The van der Waals surface area contributed by atoms with Gasteiger partial charge in [-0.3, -0.25) is 0 Å². The largest absolute Gasteiger partial charge is 0.458 e. The summed E-state index contributed by atoms with van der Waals surface area (Å²) in [6.45, 7) is 4.72. The number of halogens is 2. The number of esters is 1. The molecule has 0 spiro atoms. The van der Waals surface area contributed by atoms with Gasteiger partial charge in [0.1, 0.15) is 6.61 Å². The van der Waals surface area contributed by atoms with Crippen LogP contribution in [0.1, 0.15) is 33.1 Å². The van der Waals surface area contributed by atoms with Crippen molar-refractivity contribution in [3.8, 4) is 0 Å². The van der Waals surface area contributed by atoms with E-state index in [4.69, 9.17) is 4.74 Å². The summed E-state index contributed by atoms with van der Waals surface area (Å²) in [6.07, 6.45) is 4.98. The Bertz CT molecular complexity index is 283. The molecule has 0 aliphatic carbocycles. The molecule has 0 fully saturated rings. The third kappa shape index (κ3) is 2.89. The van der Waals surface area contributed by atoms with Gasteiger partial charge in [-0.15, -0.1) is 0 Å². The molecule has 1 aliphatic rings. The molecule has 4 heteroatoms. The van der Waals surface area contributed by atoms with Gasteiger partial charge in [0.25, 0.3) is 0 Å². The standard InChI is InChI=1S/C12H18Br2O2/c1-3-5-10(12(14,4-2)8-13)9-6-7-16-11(9)15/h6,10H,3-5,7-8H2,1-2H3. The number of rotatable bonds is 6. The number of hydrogen-bond acceptors (Lipinski definition) is 2. The molecular formula is C12H18Br2O2. The summed E-state index contributed by atoms with van der Waals surface area (Å²) in [5, 5.41) is 0.839. The van der Waals surface area contributed by atoms with E-state index in [2.05, 4.69) is 45.7 Å². The predicted molar refractivity (Wildman–Crippen MR) is 73.2 cm³/mol. The van der Waals surface area contributed by atoms with Gasteiger partial charge in [-0.05, 0) is 18.9 Å². The zero-order valence-electron chi connectivity index (χ0n) is 9.76. The monoisotopic (exact) mass is 352 g/mol. The first-order valence-electron chi connectivity index (χ1n) is 5.71. The smallest absolute Gasteiger partial charge is 0.334 e. The summed E-state index contributed by atoms with van der Waals surface area (Å²) in [5.41, 5.74) is 0.847. The lowest BCUT2D eigenvalue weighted by Crippen LogP contribution is -2.35.